The Labute approximate surface area is 177 Å². The Hall–Kier alpha value is -2.05. The van der Waals surface area contributed by atoms with Crippen molar-refractivity contribution >= 4 is 16.3 Å². The third kappa shape index (κ3) is 5.73. The largest absolute Gasteiger partial charge is 0.293 e. The molecule has 0 atom stereocenters. The molecule has 0 saturated carbocycles. The highest BCUT2D eigenvalue weighted by Gasteiger charge is 2.14. The zero-order chi connectivity index (χ0) is 21.0. The van der Waals surface area contributed by atoms with Crippen molar-refractivity contribution in [1.82, 2.24) is 19.5 Å². The van der Waals surface area contributed by atoms with Gasteiger partial charge in [0, 0.05) is 32.1 Å². The number of aryl methyl sites for hydroxylation is 1. The number of hydrogen-bond acceptors (Lipinski definition) is 5. The van der Waals surface area contributed by atoms with E-state index < -0.39 is 0 Å². The Balaban J connectivity index is 1.81. The van der Waals surface area contributed by atoms with Crippen molar-refractivity contribution < 1.29 is 0 Å². The van der Waals surface area contributed by atoms with Gasteiger partial charge in [-0.3, -0.25) is 9.69 Å². The smallest absolute Gasteiger partial charge is 0.275 e. The van der Waals surface area contributed by atoms with Crippen LogP contribution in [0, 0.1) is 5.92 Å². The molecule has 0 saturated heterocycles. The van der Waals surface area contributed by atoms with Crippen LogP contribution in [0.5, 0.6) is 0 Å². The lowest BCUT2D eigenvalue weighted by atomic mass is 10.0. The quantitative estimate of drug-likeness (QED) is 0.502. The lowest BCUT2D eigenvalue weighted by molar-refractivity contribution is 0.225. The van der Waals surface area contributed by atoms with Crippen LogP contribution in [0.4, 0.5) is 0 Å². The number of nitrogens with zero attached hydrogens (tertiary/aromatic N) is 4. The Bertz CT molecular complexity index is 988. The maximum Gasteiger partial charge on any atom is 0.275 e. The molecular formula is C23H32N4OS. The summed E-state index contributed by atoms with van der Waals surface area (Å²) in [6.07, 6.45) is 1.90. The molecule has 3 aromatic rings. The van der Waals surface area contributed by atoms with E-state index >= 15 is 0 Å². The zero-order valence-corrected chi connectivity index (χ0v) is 19.0. The molecule has 29 heavy (non-hydrogen) atoms. The van der Waals surface area contributed by atoms with E-state index in [0.717, 1.165) is 36.6 Å². The van der Waals surface area contributed by atoms with Gasteiger partial charge in [-0.1, -0.05) is 70.2 Å². The summed E-state index contributed by atoms with van der Waals surface area (Å²) < 4.78 is 1.44. The van der Waals surface area contributed by atoms with Crippen LogP contribution in [-0.2, 0) is 19.5 Å². The molecule has 0 aliphatic carbocycles. The maximum atomic E-state index is 12.5. The average molecular weight is 413 g/mol. The van der Waals surface area contributed by atoms with E-state index in [1.54, 1.807) is 6.07 Å². The number of aromatic nitrogens is 3. The van der Waals surface area contributed by atoms with E-state index in [2.05, 4.69) is 68.9 Å². The molecule has 0 spiro atoms. The van der Waals surface area contributed by atoms with Gasteiger partial charge in [-0.15, -0.1) is 0 Å². The summed E-state index contributed by atoms with van der Waals surface area (Å²) in [6.45, 7) is 13.5. The first-order valence-corrected chi connectivity index (χ1v) is 11.4. The fourth-order valence-corrected chi connectivity index (χ4v) is 4.51. The van der Waals surface area contributed by atoms with E-state index in [1.807, 2.05) is 0 Å². The molecule has 1 aromatic carbocycles. The molecule has 0 aliphatic rings. The minimum atomic E-state index is -0.0885. The summed E-state index contributed by atoms with van der Waals surface area (Å²) in [5, 5.41) is 5.38. The highest BCUT2D eigenvalue weighted by molar-refractivity contribution is 7.16. The lowest BCUT2D eigenvalue weighted by Gasteiger charge is -2.24. The van der Waals surface area contributed by atoms with Gasteiger partial charge in [-0.05, 0) is 29.4 Å². The second kappa shape index (κ2) is 9.63. The van der Waals surface area contributed by atoms with Gasteiger partial charge >= 0.3 is 0 Å². The van der Waals surface area contributed by atoms with E-state index in [4.69, 9.17) is 4.98 Å². The normalized spacial score (nSPS) is 12.0. The van der Waals surface area contributed by atoms with Crippen molar-refractivity contribution in [3.05, 3.63) is 62.5 Å². The predicted molar refractivity (Wildman–Crippen MR) is 121 cm³/mol. The fourth-order valence-electron chi connectivity index (χ4n) is 3.49. The first kappa shape index (κ1) is 21.7. The number of rotatable bonds is 9. The van der Waals surface area contributed by atoms with Gasteiger partial charge in [0.1, 0.15) is 5.01 Å². The molecule has 0 unspecified atom stereocenters. The molecular weight excluding hydrogens is 380 g/mol. The second-order valence-corrected chi connectivity index (χ2v) is 9.53. The number of benzene rings is 1. The lowest BCUT2D eigenvalue weighted by Crippen LogP contribution is -2.28. The number of hydrogen-bond donors (Lipinski definition) is 0. The van der Waals surface area contributed by atoms with Crippen LogP contribution >= 0.6 is 11.3 Å². The molecule has 0 amide bonds. The first-order valence-electron chi connectivity index (χ1n) is 10.6. The second-order valence-electron chi connectivity index (χ2n) is 8.49. The average Bonchev–Trinajstić information content (AvgIpc) is 3.05. The maximum absolute atomic E-state index is 12.5. The molecule has 5 nitrogen and oxygen atoms in total. The fraction of sp³-hybridized carbons (Fsp3) is 0.522. The van der Waals surface area contributed by atoms with Crippen molar-refractivity contribution in [1.29, 1.82) is 0 Å². The molecule has 0 fully saturated rings. The molecule has 2 heterocycles. The van der Waals surface area contributed by atoms with Crippen LogP contribution in [0.1, 0.15) is 68.8 Å². The summed E-state index contributed by atoms with van der Waals surface area (Å²) in [6, 6.07) is 10.5. The van der Waals surface area contributed by atoms with Crippen LogP contribution in [0.25, 0.3) is 4.96 Å². The predicted octanol–water partition coefficient (Wildman–Crippen LogP) is 4.89. The van der Waals surface area contributed by atoms with Crippen LogP contribution in [-0.4, -0.2) is 26.0 Å². The first-order chi connectivity index (χ1) is 13.9. The summed E-state index contributed by atoms with van der Waals surface area (Å²) >= 11 is 1.52. The minimum absolute atomic E-state index is 0.0885. The van der Waals surface area contributed by atoms with E-state index in [0.29, 0.717) is 23.3 Å². The van der Waals surface area contributed by atoms with Crippen LogP contribution in [0.15, 0.2) is 35.1 Å². The zero-order valence-electron chi connectivity index (χ0n) is 18.2. The van der Waals surface area contributed by atoms with Crippen molar-refractivity contribution in [2.75, 3.05) is 6.54 Å². The molecule has 2 aromatic heterocycles. The monoisotopic (exact) mass is 412 g/mol. The molecule has 0 bridgehead atoms. The standard InChI is InChI=1S/C23H32N4OS/c1-6-7-21-25-27-22(28)12-20(24-23(27)29-21)15-26(13-16(2)3)14-18-8-10-19(11-9-18)17(4)5/h8-12,16-17H,6-7,13-15H2,1-5H3. The summed E-state index contributed by atoms with van der Waals surface area (Å²) in [5.41, 5.74) is 3.38. The third-order valence-corrected chi connectivity index (χ3v) is 5.83. The molecule has 0 aliphatic heterocycles. The Morgan fingerprint density at radius 2 is 1.83 bits per heavy atom. The Morgan fingerprint density at radius 3 is 2.45 bits per heavy atom. The topological polar surface area (TPSA) is 50.5 Å². The van der Waals surface area contributed by atoms with Gasteiger partial charge in [-0.25, -0.2) is 4.98 Å². The minimum Gasteiger partial charge on any atom is -0.293 e. The molecule has 3 rings (SSSR count). The Kier molecular flexibility index (Phi) is 7.19. The van der Waals surface area contributed by atoms with Crippen LogP contribution in [0.2, 0.25) is 0 Å². The van der Waals surface area contributed by atoms with Crippen molar-refractivity contribution in [3.63, 3.8) is 0 Å². The highest BCUT2D eigenvalue weighted by Crippen LogP contribution is 2.18. The van der Waals surface area contributed by atoms with E-state index in [-0.39, 0.29) is 5.56 Å². The van der Waals surface area contributed by atoms with Gasteiger partial charge in [-0.2, -0.15) is 9.61 Å². The van der Waals surface area contributed by atoms with Crippen molar-refractivity contribution in [2.45, 2.75) is 66.5 Å². The Morgan fingerprint density at radius 1 is 1.10 bits per heavy atom. The van der Waals surface area contributed by atoms with Crippen LogP contribution < -0.4 is 5.56 Å². The third-order valence-electron chi connectivity index (χ3n) is 4.87. The molecule has 0 radical (unpaired) electrons. The van der Waals surface area contributed by atoms with Gasteiger partial charge < -0.3 is 0 Å². The SMILES string of the molecule is CCCc1nn2c(=O)cc(CN(Cc3ccc(C(C)C)cc3)CC(C)C)nc2s1. The van der Waals surface area contributed by atoms with Gasteiger partial charge in [0.05, 0.1) is 5.69 Å². The molecule has 156 valence electrons. The summed E-state index contributed by atoms with van der Waals surface area (Å²) in [7, 11) is 0. The van der Waals surface area contributed by atoms with Gasteiger partial charge in [0.2, 0.25) is 4.96 Å². The molecule has 0 N–H and O–H groups in total. The van der Waals surface area contributed by atoms with E-state index in [9.17, 15) is 4.79 Å². The van der Waals surface area contributed by atoms with Gasteiger partial charge in [0.15, 0.2) is 0 Å². The number of fused-ring (bicyclic) bond motifs is 1. The molecule has 6 heteroatoms. The van der Waals surface area contributed by atoms with Crippen LogP contribution in [0.3, 0.4) is 0 Å². The summed E-state index contributed by atoms with van der Waals surface area (Å²) in [4.78, 5) is 20.3. The van der Waals surface area contributed by atoms with Crippen molar-refractivity contribution in [3.8, 4) is 0 Å². The highest BCUT2D eigenvalue weighted by atomic mass is 32.1. The van der Waals surface area contributed by atoms with Gasteiger partial charge in [0.25, 0.3) is 5.56 Å². The summed E-state index contributed by atoms with van der Waals surface area (Å²) in [5.74, 6) is 1.08. The van der Waals surface area contributed by atoms with Crippen molar-refractivity contribution in [2.24, 2.45) is 5.92 Å². The van der Waals surface area contributed by atoms with E-state index in [1.165, 1.54) is 27.0 Å².